The molecule has 34 heavy (non-hydrogen) atoms. The Morgan fingerprint density at radius 2 is 1.53 bits per heavy atom. The number of rotatable bonds is 8. The molecule has 0 fully saturated rings. The van der Waals surface area contributed by atoms with E-state index in [1.54, 1.807) is 24.3 Å². The molecule has 0 spiro atoms. The Morgan fingerprint density at radius 1 is 0.941 bits per heavy atom. The average Bonchev–Trinajstić information content (AvgIpc) is 2.84. The monoisotopic (exact) mass is 491 g/mol. The van der Waals surface area contributed by atoms with Crippen LogP contribution in [0.15, 0.2) is 83.8 Å². The molecule has 0 saturated carbocycles. The minimum absolute atomic E-state index is 0.0434. The van der Waals surface area contributed by atoms with Crippen LogP contribution in [-0.2, 0) is 27.5 Å². The van der Waals surface area contributed by atoms with Crippen molar-refractivity contribution in [3.63, 3.8) is 0 Å². The second kappa shape index (κ2) is 10.4. The van der Waals surface area contributed by atoms with Gasteiger partial charge in [0.15, 0.2) is 0 Å². The Kier molecular flexibility index (Phi) is 7.78. The van der Waals surface area contributed by atoms with Crippen molar-refractivity contribution in [1.29, 1.82) is 0 Å². The number of methoxy groups -OCH3 is 1. The van der Waals surface area contributed by atoms with Gasteiger partial charge in [0.2, 0.25) is 10.0 Å². The number of carbonyl (C=O) groups is 1. The van der Waals surface area contributed by atoms with Crippen molar-refractivity contribution in [2.24, 2.45) is 0 Å². The molecule has 3 rings (SSSR count). The van der Waals surface area contributed by atoms with Crippen LogP contribution < -0.4 is 0 Å². The maximum atomic E-state index is 13.7. The largest absolute Gasteiger partial charge is 0.465 e. The minimum atomic E-state index is -4.57. The lowest BCUT2D eigenvalue weighted by atomic mass is 10.0. The van der Waals surface area contributed by atoms with Crippen LogP contribution in [-0.4, -0.2) is 25.8 Å². The molecular formula is C25H24F3NO4S. The SMILES string of the molecule is CC[C@@H](c1ccccc1)N(Cc1ccc(C(=O)OC)cc1)S(=O)(=O)c1ccc(C(F)(F)F)cc1. The number of alkyl halides is 3. The summed E-state index contributed by atoms with van der Waals surface area (Å²) in [6.07, 6.45) is -4.14. The molecule has 0 heterocycles. The smallest absolute Gasteiger partial charge is 0.416 e. The second-order valence-electron chi connectivity index (χ2n) is 7.60. The molecule has 0 aliphatic carbocycles. The fourth-order valence-electron chi connectivity index (χ4n) is 3.64. The van der Waals surface area contributed by atoms with Gasteiger partial charge in [-0.05, 0) is 53.9 Å². The number of carbonyl (C=O) groups excluding carboxylic acids is 1. The number of benzene rings is 3. The lowest BCUT2D eigenvalue weighted by Gasteiger charge is -2.31. The summed E-state index contributed by atoms with van der Waals surface area (Å²) in [5.74, 6) is -0.517. The number of halogens is 3. The number of ether oxygens (including phenoxy) is 1. The van der Waals surface area contributed by atoms with Gasteiger partial charge >= 0.3 is 12.1 Å². The summed E-state index contributed by atoms with van der Waals surface area (Å²) < 4.78 is 72.3. The van der Waals surface area contributed by atoms with Gasteiger partial charge in [0.05, 0.1) is 29.2 Å². The lowest BCUT2D eigenvalue weighted by molar-refractivity contribution is -0.137. The maximum Gasteiger partial charge on any atom is 0.416 e. The predicted octanol–water partition coefficient (Wildman–Crippen LogP) is 5.83. The molecular weight excluding hydrogens is 467 g/mol. The van der Waals surface area contributed by atoms with Crippen molar-refractivity contribution in [1.82, 2.24) is 4.31 Å². The zero-order valence-corrected chi connectivity index (χ0v) is 19.4. The van der Waals surface area contributed by atoms with Gasteiger partial charge in [-0.3, -0.25) is 0 Å². The molecule has 0 aliphatic heterocycles. The van der Waals surface area contributed by atoms with Crippen molar-refractivity contribution < 1.29 is 31.1 Å². The van der Waals surface area contributed by atoms with E-state index in [1.165, 1.54) is 23.5 Å². The Bertz CT molecular complexity index is 1210. The van der Waals surface area contributed by atoms with Crippen LogP contribution in [0, 0.1) is 0 Å². The number of esters is 1. The van der Waals surface area contributed by atoms with Gasteiger partial charge in [-0.2, -0.15) is 17.5 Å². The first-order valence-electron chi connectivity index (χ1n) is 10.5. The molecule has 0 bridgehead atoms. The van der Waals surface area contributed by atoms with Crippen LogP contribution in [0.3, 0.4) is 0 Å². The van der Waals surface area contributed by atoms with Gasteiger partial charge in [-0.15, -0.1) is 0 Å². The molecule has 0 amide bonds. The molecule has 0 aromatic heterocycles. The van der Waals surface area contributed by atoms with Crippen LogP contribution in [0.1, 0.15) is 46.4 Å². The summed E-state index contributed by atoms with van der Waals surface area (Å²) in [5.41, 5.74) is 0.759. The molecule has 3 aromatic carbocycles. The van der Waals surface area contributed by atoms with Gasteiger partial charge in [0.25, 0.3) is 0 Å². The Morgan fingerprint density at radius 3 is 2.03 bits per heavy atom. The molecule has 180 valence electrons. The first-order valence-corrected chi connectivity index (χ1v) is 11.9. The van der Waals surface area contributed by atoms with E-state index in [2.05, 4.69) is 0 Å². The molecule has 1 atom stereocenters. The minimum Gasteiger partial charge on any atom is -0.465 e. The van der Waals surface area contributed by atoms with Gasteiger partial charge in [-0.1, -0.05) is 49.4 Å². The zero-order valence-electron chi connectivity index (χ0n) is 18.6. The fraction of sp³-hybridized carbons (Fsp3) is 0.240. The van der Waals surface area contributed by atoms with Crippen molar-refractivity contribution in [2.75, 3.05) is 7.11 Å². The number of nitrogens with zero attached hydrogens (tertiary/aromatic N) is 1. The van der Waals surface area contributed by atoms with Crippen molar-refractivity contribution in [3.8, 4) is 0 Å². The van der Waals surface area contributed by atoms with E-state index in [4.69, 9.17) is 4.74 Å². The number of sulfonamides is 1. The van der Waals surface area contributed by atoms with Crippen LogP contribution >= 0.6 is 0 Å². The van der Waals surface area contributed by atoms with Gasteiger partial charge in [0.1, 0.15) is 0 Å². The van der Waals surface area contributed by atoms with Crippen molar-refractivity contribution in [3.05, 3.63) is 101 Å². The Balaban J connectivity index is 2.04. The molecule has 0 N–H and O–H groups in total. The zero-order chi connectivity index (χ0) is 24.9. The lowest BCUT2D eigenvalue weighted by Crippen LogP contribution is -2.34. The van der Waals surface area contributed by atoms with E-state index in [-0.39, 0.29) is 11.4 Å². The first-order chi connectivity index (χ1) is 16.1. The molecule has 0 unspecified atom stereocenters. The molecule has 9 heteroatoms. The van der Waals surface area contributed by atoms with Crippen LogP contribution in [0.4, 0.5) is 13.2 Å². The summed E-state index contributed by atoms with van der Waals surface area (Å²) in [7, 11) is -2.91. The van der Waals surface area contributed by atoms with E-state index in [9.17, 15) is 26.4 Å². The maximum absolute atomic E-state index is 13.7. The van der Waals surface area contributed by atoms with E-state index in [0.29, 0.717) is 17.5 Å². The highest BCUT2D eigenvalue weighted by molar-refractivity contribution is 7.89. The first kappa shape index (κ1) is 25.5. The fourth-order valence-corrected chi connectivity index (χ4v) is 5.31. The normalized spacial score (nSPS) is 13.0. The molecule has 0 saturated heterocycles. The third-order valence-corrected chi connectivity index (χ3v) is 7.29. The van der Waals surface area contributed by atoms with Gasteiger partial charge < -0.3 is 4.74 Å². The third kappa shape index (κ3) is 5.66. The summed E-state index contributed by atoms with van der Waals surface area (Å²) in [6, 6.07) is 18.3. The topological polar surface area (TPSA) is 63.7 Å². The molecule has 0 aliphatic rings. The summed E-state index contributed by atoms with van der Waals surface area (Å²) in [6.45, 7) is 1.80. The molecule has 0 radical (unpaired) electrons. The average molecular weight is 492 g/mol. The highest BCUT2D eigenvalue weighted by Gasteiger charge is 2.34. The summed E-state index contributed by atoms with van der Waals surface area (Å²) >= 11 is 0. The van der Waals surface area contributed by atoms with Crippen LogP contribution in [0.2, 0.25) is 0 Å². The third-order valence-electron chi connectivity index (χ3n) is 5.42. The van der Waals surface area contributed by atoms with Crippen LogP contribution in [0.5, 0.6) is 0 Å². The number of hydrogen-bond donors (Lipinski definition) is 0. The highest BCUT2D eigenvalue weighted by atomic mass is 32.2. The predicted molar refractivity (Wildman–Crippen MR) is 121 cm³/mol. The Labute approximate surface area is 196 Å². The van der Waals surface area contributed by atoms with Gasteiger partial charge in [0, 0.05) is 6.54 Å². The molecule has 5 nitrogen and oxygen atoms in total. The molecule has 3 aromatic rings. The Hall–Kier alpha value is -3.17. The van der Waals surface area contributed by atoms with E-state index < -0.39 is 33.8 Å². The summed E-state index contributed by atoms with van der Waals surface area (Å²) in [4.78, 5) is 11.5. The summed E-state index contributed by atoms with van der Waals surface area (Å²) in [5, 5.41) is 0. The highest BCUT2D eigenvalue weighted by Crippen LogP contribution is 2.34. The number of hydrogen-bond acceptors (Lipinski definition) is 4. The van der Waals surface area contributed by atoms with Gasteiger partial charge in [-0.25, -0.2) is 13.2 Å². The second-order valence-corrected chi connectivity index (χ2v) is 9.49. The van der Waals surface area contributed by atoms with E-state index in [0.717, 1.165) is 29.8 Å². The quantitative estimate of drug-likeness (QED) is 0.372. The van der Waals surface area contributed by atoms with E-state index in [1.807, 2.05) is 25.1 Å². The van der Waals surface area contributed by atoms with Crippen molar-refractivity contribution >= 4 is 16.0 Å². The van der Waals surface area contributed by atoms with E-state index >= 15 is 0 Å². The van der Waals surface area contributed by atoms with Crippen molar-refractivity contribution in [2.45, 2.75) is 37.0 Å². The van der Waals surface area contributed by atoms with Crippen LogP contribution in [0.25, 0.3) is 0 Å². The standard InChI is InChI=1S/C25H24F3NO4S/c1-3-23(19-7-5-4-6-8-19)29(17-18-9-11-20(12-10-18)24(30)33-2)34(31,32)22-15-13-21(14-16-22)25(26,27)28/h4-16,23H,3,17H2,1-2H3/t23-/m0/s1.